The van der Waals surface area contributed by atoms with Crippen LogP contribution < -0.4 is 0 Å². The summed E-state index contributed by atoms with van der Waals surface area (Å²) in [4.78, 5) is 18.0. The van der Waals surface area contributed by atoms with Crippen molar-refractivity contribution >= 4 is 17.4 Å². The first-order chi connectivity index (χ1) is 12.8. The number of hydrogen-bond acceptors (Lipinski definition) is 4. The highest BCUT2D eigenvalue weighted by Crippen LogP contribution is 2.36. The summed E-state index contributed by atoms with van der Waals surface area (Å²) < 4.78 is 5.45. The molecule has 0 N–H and O–H groups in total. The molecule has 4 rings (SSSR count). The van der Waals surface area contributed by atoms with Gasteiger partial charge in [-0.3, -0.25) is 4.90 Å². The van der Waals surface area contributed by atoms with E-state index in [0.717, 1.165) is 49.9 Å². The van der Waals surface area contributed by atoms with Gasteiger partial charge in [-0.05, 0) is 61.0 Å². The summed E-state index contributed by atoms with van der Waals surface area (Å²) >= 11 is 0. The summed E-state index contributed by atoms with van der Waals surface area (Å²) in [5.74, 6) is 0.800. The first-order valence-corrected chi connectivity index (χ1v) is 9.36. The summed E-state index contributed by atoms with van der Waals surface area (Å²) in [6.07, 6.45) is 5.36. The van der Waals surface area contributed by atoms with Crippen LogP contribution in [0.25, 0.3) is 11.1 Å². The van der Waals surface area contributed by atoms with Crippen molar-refractivity contribution < 1.29 is 9.21 Å². The highest BCUT2D eigenvalue weighted by atomic mass is 16.3. The van der Waals surface area contributed by atoms with Crippen LogP contribution in [0.4, 0.5) is 0 Å². The summed E-state index contributed by atoms with van der Waals surface area (Å²) in [5, 5.41) is 0. The van der Waals surface area contributed by atoms with Crippen molar-refractivity contribution in [3.05, 3.63) is 66.1 Å². The van der Waals surface area contributed by atoms with Crippen LogP contribution in [0, 0.1) is 5.92 Å². The molecule has 134 valence electrons. The van der Waals surface area contributed by atoms with E-state index in [1.807, 2.05) is 6.07 Å². The zero-order chi connectivity index (χ0) is 17.8. The van der Waals surface area contributed by atoms with Crippen molar-refractivity contribution in [3.63, 3.8) is 0 Å². The van der Waals surface area contributed by atoms with Crippen molar-refractivity contribution in [2.24, 2.45) is 5.92 Å². The van der Waals surface area contributed by atoms with Crippen molar-refractivity contribution in [1.29, 1.82) is 0 Å². The molecule has 1 saturated heterocycles. The first-order valence-electron chi connectivity index (χ1n) is 9.36. The van der Waals surface area contributed by atoms with Gasteiger partial charge < -0.3 is 9.21 Å². The van der Waals surface area contributed by atoms with Gasteiger partial charge in [0.25, 0.3) is 0 Å². The fourth-order valence-electron chi connectivity index (χ4n) is 4.16. The normalized spacial score (nSPS) is 17.4. The number of nitrogens with zero attached hydrogens (tertiary/aromatic N) is 2. The van der Waals surface area contributed by atoms with Crippen LogP contribution in [0.3, 0.4) is 0 Å². The molecule has 3 aromatic rings. The predicted molar refractivity (Wildman–Crippen MR) is 102 cm³/mol. The number of piperidine rings is 1. The Balaban J connectivity index is 1.44. The zero-order valence-electron chi connectivity index (χ0n) is 14.9. The van der Waals surface area contributed by atoms with Crippen molar-refractivity contribution in [2.75, 3.05) is 13.1 Å². The Hall–Kier alpha value is -2.46. The average molecular weight is 348 g/mol. The molecule has 0 saturated carbocycles. The summed E-state index contributed by atoms with van der Waals surface area (Å²) in [6, 6.07) is 16.8. The summed E-state index contributed by atoms with van der Waals surface area (Å²) in [5.41, 5.74) is 4.24. The Morgan fingerprint density at radius 3 is 2.73 bits per heavy atom. The SMILES string of the molecule is O=CCC(c1ccc2ncoc2c1)C1CCN(Cc2ccccc2)CC1. The number of carbonyl (C=O) groups excluding carboxylic acids is 1. The molecule has 0 radical (unpaired) electrons. The number of likely N-dealkylation sites (tertiary alicyclic amines) is 1. The molecule has 1 aliphatic rings. The fourth-order valence-corrected chi connectivity index (χ4v) is 4.16. The lowest BCUT2D eigenvalue weighted by Gasteiger charge is -2.36. The quantitative estimate of drug-likeness (QED) is 0.619. The van der Waals surface area contributed by atoms with Crippen LogP contribution in [0.15, 0.2) is 59.3 Å². The second-order valence-corrected chi connectivity index (χ2v) is 7.19. The van der Waals surface area contributed by atoms with Gasteiger partial charge in [-0.25, -0.2) is 4.98 Å². The van der Waals surface area contributed by atoms with Gasteiger partial charge in [0.1, 0.15) is 11.8 Å². The number of benzene rings is 2. The second kappa shape index (κ2) is 7.83. The van der Waals surface area contributed by atoms with Gasteiger partial charge in [-0.15, -0.1) is 0 Å². The van der Waals surface area contributed by atoms with E-state index in [9.17, 15) is 4.79 Å². The maximum atomic E-state index is 11.3. The lowest BCUT2D eigenvalue weighted by atomic mass is 9.78. The molecule has 1 aliphatic heterocycles. The third-order valence-corrected chi connectivity index (χ3v) is 5.58. The molecule has 1 unspecified atom stereocenters. The molecular formula is C22H24N2O2. The Kier molecular flexibility index (Phi) is 5.12. The Morgan fingerprint density at radius 1 is 1.15 bits per heavy atom. The van der Waals surface area contributed by atoms with E-state index in [1.54, 1.807) is 0 Å². The number of hydrogen-bond donors (Lipinski definition) is 0. The maximum Gasteiger partial charge on any atom is 0.181 e. The second-order valence-electron chi connectivity index (χ2n) is 7.19. The van der Waals surface area contributed by atoms with Gasteiger partial charge in [0.05, 0.1) is 0 Å². The van der Waals surface area contributed by atoms with E-state index in [2.05, 4.69) is 52.3 Å². The molecule has 0 amide bonds. The third kappa shape index (κ3) is 3.70. The van der Waals surface area contributed by atoms with Gasteiger partial charge in [-0.1, -0.05) is 36.4 Å². The van der Waals surface area contributed by atoms with Gasteiger partial charge >= 0.3 is 0 Å². The number of aldehydes is 1. The monoisotopic (exact) mass is 348 g/mol. The van der Waals surface area contributed by atoms with E-state index in [0.29, 0.717) is 12.3 Å². The lowest BCUT2D eigenvalue weighted by molar-refractivity contribution is -0.108. The van der Waals surface area contributed by atoms with Crippen LogP contribution in [-0.4, -0.2) is 29.3 Å². The van der Waals surface area contributed by atoms with E-state index in [-0.39, 0.29) is 5.92 Å². The highest BCUT2D eigenvalue weighted by Gasteiger charge is 2.28. The summed E-state index contributed by atoms with van der Waals surface area (Å²) in [6.45, 7) is 3.18. The third-order valence-electron chi connectivity index (χ3n) is 5.58. The van der Waals surface area contributed by atoms with Crippen LogP contribution >= 0.6 is 0 Å². The topological polar surface area (TPSA) is 46.3 Å². The molecular weight excluding hydrogens is 324 g/mol. The minimum atomic E-state index is 0.265. The number of rotatable bonds is 6. The number of aromatic nitrogens is 1. The number of carbonyl (C=O) groups is 1. The molecule has 0 bridgehead atoms. The lowest BCUT2D eigenvalue weighted by Crippen LogP contribution is -2.35. The number of fused-ring (bicyclic) bond motifs is 1. The van der Waals surface area contributed by atoms with Gasteiger partial charge in [-0.2, -0.15) is 0 Å². The molecule has 2 aromatic carbocycles. The largest absolute Gasteiger partial charge is 0.443 e. The Morgan fingerprint density at radius 2 is 1.96 bits per heavy atom. The minimum absolute atomic E-state index is 0.265. The van der Waals surface area contributed by atoms with Crippen LogP contribution in [0.2, 0.25) is 0 Å². The Labute approximate surface area is 153 Å². The molecule has 0 spiro atoms. The summed E-state index contributed by atoms with van der Waals surface area (Å²) in [7, 11) is 0. The minimum Gasteiger partial charge on any atom is -0.443 e. The highest BCUT2D eigenvalue weighted by molar-refractivity contribution is 5.73. The zero-order valence-corrected chi connectivity index (χ0v) is 14.9. The van der Waals surface area contributed by atoms with Gasteiger partial charge in [0.2, 0.25) is 0 Å². The smallest absolute Gasteiger partial charge is 0.181 e. The fraction of sp³-hybridized carbons (Fsp3) is 0.364. The molecule has 4 nitrogen and oxygen atoms in total. The van der Waals surface area contributed by atoms with Crippen LogP contribution in [0.5, 0.6) is 0 Å². The Bertz CT molecular complexity index is 851. The van der Waals surface area contributed by atoms with Crippen LogP contribution in [-0.2, 0) is 11.3 Å². The van der Waals surface area contributed by atoms with E-state index < -0.39 is 0 Å². The molecule has 1 fully saturated rings. The molecule has 4 heteroatoms. The van der Waals surface area contributed by atoms with Crippen LogP contribution in [0.1, 0.15) is 36.3 Å². The van der Waals surface area contributed by atoms with Crippen molar-refractivity contribution in [1.82, 2.24) is 9.88 Å². The molecule has 26 heavy (non-hydrogen) atoms. The molecule has 0 aliphatic carbocycles. The van der Waals surface area contributed by atoms with Crippen molar-refractivity contribution in [3.8, 4) is 0 Å². The standard InChI is InChI=1S/C22H24N2O2/c25-13-10-20(19-6-7-21-22(14-19)26-16-23-21)18-8-11-24(12-9-18)15-17-4-2-1-3-5-17/h1-7,13-14,16,18,20H,8-12,15H2. The number of oxazole rings is 1. The predicted octanol–water partition coefficient (Wildman–Crippen LogP) is 4.41. The van der Waals surface area contributed by atoms with Gasteiger partial charge in [0, 0.05) is 13.0 Å². The van der Waals surface area contributed by atoms with Gasteiger partial charge in [0.15, 0.2) is 12.0 Å². The van der Waals surface area contributed by atoms with E-state index in [1.165, 1.54) is 17.5 Å². The van der Waals surface area contributed by atoms with E-state index in [4.69, 9.17) is 4.42 Å². The van der Waals surface area contributed by atoms with E-state index >= 15 is 0 Å². The molecule has 1 aromatic heterocycles. The average Bonchev–Trinajstić information content (AvgIpc) is 3.15. The maximum absolute atomic E-state index is 11.3. The van der Waals surface area contributed by atoms with Crippen molar-refractivity contribution in [2.45, 2.75) is 31.7 Å². The molecule has 2 heterocycles. The first kappa shape index (κ1) is 17.0. The molecule has 1 atom stereocenters.